The Morgan fingerprint density at radius 2 is 1.16 bits per heavy atom. The van der Waals surface area contributed by atoms with Gasteiger partial charge in [0.05, 0.1) is 11.0 Å². The van der Waals surface area contributed by atoms with Crippen molar-refractivity contribution >= 4 is 38.2 Å². The molecule has 2 heterocycles. The summed E-state index contributed by atoms with van der Waals surface area (Å²) in [6, 6.07) is 52.9. The van der Waals surface area contributed by atoms with Gasteiger partial charge in [-0.3, -0.25) is 9.20 Å². The van der Waals surface area contributed by atoms with Crippen LogP contribution < -0.4 is 5.56 Å². The van der Waals surface area contributed by atoms with Gasteiger partial charge >= 0.3 is 0 Å². The quantitative estimate of drug-likeness (QED) is 0.183. The van der Waals surface area contributed by atoms with Crippen LogP contribution in [0.4, 0.5) is 0 Å². The van der Waals surface area contributed by atoms with Crippen molar-refractivity contribution in [2.45, 2.75) is 26.2 Å². The van der Waals surface area contributed by atoms with E-state index in [-0.39, 0.29) is 5.56 Å². The van der Waals surface area contributed by atoms with Gasteiger partial charge in [-0.1, -0.05) is 153 Å². The fraction of sp³-hybridized carbons (Fsp3) is 0.0870. The van der Waals surface area contributed by atoms with E-state index >= 15 is 0 Å². The molecule has 0 fully saturated rings. The van der Waals surface area contributed by atoms with E-state index < -0.39 is 0 Å². The molecule has 0 saturated carbocycles. The fourth-order valence-corrected chi connectivity index (χ4v) is 7.58. The van der Waals surface area contributed by atoms with Crippen LogP contribution in [0.3, 0.4) is 0 Å². The lowest BCUT2D eigenvalue weighted by molar-refractivity contribution is 0.734. The van der Waals surface area contributed by atoms with Gasteiger partial charge in [0.15, 0.2) is 0 Å². The maximum atomic E-state index is 15.0. The Balaban J connectivity index is 1.43. The third-order valence-corrected chi connectivity index (χ3v) is 10.3. The molecule has 9 rings (SSSR count). The van der Waals surface area contributed by atoms with Crippen molar-refractivity contribution in [3.8, 4) is 44.5 Å². The Hall–Kier alpha value is -6.06. The first kappa shape index (κ1) is 29.1. The molecule has 234 valence electrons. The van der Waals surface area contributed by atoms with Gasteiger partial charge < -0.3 is 0 Å². The third-order valence-electron chi connectivity index (χ3n) is 10.3. The predicted molar refractivity (Wildman–Crippen MR) is 206 cm³/mol. The molecule has 0 N–H and O–H groups in total. The first-order valence-corrected chi connectivity index (χ1v) is 17.1. The summed E-state index contributed by atoms with van der Waals surface area (Å²) >= 11 is 0. The highest BCUT2D eigenvalue weighted by atomic mass is 16.1. The molecule has 1 atom stereocenters. The minimum absolute atomic E-state index is 0.0544. The molecule has 0 aliphatic carbocycles. The Kier molecular flexibility index (Phi) is 6.87. The average molecular weight is 631 g/mol. The highest BCUT2D eigenvalue weighted by Crippen LogP contribution is 2.44. The fourth-order valence-electron chi connectivity index (χ4n) is 7.58. The topological polar surface area (TPSA) is 34.4 Å². The summed E-state index contributed by atoms with van der Waals surface area (Å²) < 4.78 is 1.88. The van der Waals surface area contributed by atoms with Gasteiger partial charge in [-0.05, 0) is 68.8 Å². The molecule has 3 nitrogen and oxygen atoms in total. The zero-order valence-corrected chi connectivity index (χ0v) is 27.5. The van der Waals surface area contributed by atoms with Crippen molar-refractivity contribution in [1.82, 2.24) is 9.38 Å². The van der Waals surface area contributed by atoms with Gasteiger partial charge in [-0.25, -0.2) is 4.98 Å². The largest absolute Gasteiger partial charge is 0.268 e. The summed E-state index contributed by atoms with van der Waals surface area (Å²) in [5, 5.41) is 3.70. The maximum Gasteiger partial charge on any atom is 0.264 e. The molecule has 0 aliphatic heterocycles. The van der Waals surface area contributed by atoms with Crippen molar-refractivity contribution in [2.24, 2.45) is 0 Å². The smallest absolute Gasteiger partial charge is 0.264 e. The van der Waals surface area contributed by atoms with Crippen LogP contribution in [0.25, 0.3) is 82.7 Å². The van der Waals surface area contributed by atoms with E-state index in [0.29, 0.717) is 17.0 Å². The average Bonchev–Trinajstić information content (AvgIpc) is 3.58. The summed E-state index contributed by atoms with van der Waals surface area (Å²) in [6.07, 6.45) is 1.11. The second kappa shape index (κ2) is 11.6. The predicted octanol–water partition coefficient (Wildman–Crippen LogP) is 11.8. The second-order valence-corrected chi connectivity index (χ2v) is 13.0. The molecule has 0 radical (unpaired) electrons. The molecule has 1 unspecified atom stereocenters. The van der Waals surface area contributed by atoms with Gasteiger partial charge in [-0.2, -0.15) is 0 Å². The Morgan fingerprint density at radius 3 is 1.82 bits per heavy atom. The van der Waals surface area contributed by atoms with Crippen molar-refractivity contribution in [3.63, 3.8) is 0 Å². The molecule has 0 spiro atoms. The number of nitrogens with zero attached hydrogens (tertiary/aromatic N) is 2. The lowest BCUT2D eigenvalue weighted by atomic mass is 9.89. The summed E-state index contributed by atoms with van der Waals surface area (Å²) in [7, 11) is 0. The molecule has 0 amide bonds. The van der Waals surface area contributed by atoms with Crippen LogP contribution in [0, 0.1) is 0 Å². The van der Waals surface area contributed by atoms with Gasteiger partial charge in [0.1, 0.15) is 5.65 Å². The van der Waals surface area contributed by atoms with E-state index in [4.69, 9.17) is 4.98 Å². The molecule has 49 heavy (non-hydrogen) atoms. The first-order valence-electron chi connectivity index (χ1n) is 17.1. The standard InChI is InChI=1S/C46H34N2O/c1-3-29(2)30-22-24-33(25-23-30)35-26-27-38-42-36(35)20-13-21-37(42)45-47-43-40(32-16-9-5-10-17-32)28-39(31-14-7-4-8-15-31)41(34-18-11-6-12-19-34)44(43)48(45)46(38)49/h4-29H,3H2,1-2H3. The number of aromatic nitrogens is 2. The summed E-state index contributed by atoms with van der Waals surface area (Å²) in [5.74, 6) is 0.514. The van der Waals surface area contributed by atoms with Crippen molar-refractivity contribution in [2.75, 3.05) is 0 Å². The van der Waals surface area contributed by atoms with Crippen molar-refractivity contribution < 1.29 is 0 Å². The molecule has 0 aliphatic rings. The van der Waals surface area contributed by atoms with Crippen LogP contribution in [0.15, 0.2) is 156 Å². The van der Waals surface area contributed by atoms with Gasteiger partial charge in [0.2, 0.25) is 0 Å². The number of rotatable bonds is 6. The van der Waals surface area contributed by atoms with Crippen LogP contribution in [0.2, 0.25) is 0 Å². The third kappa shape index (κ3) is 4.57. The van der Waals surface area contributed by atoms with E-state index in [1.165, 1.54) is 5.56 Å². The lowest BCUT2D eigenvalue weighted by Gasteiger charge is -2.16. The zero-order valence-electron chi connectivity index (χ0n) is 27.5. The Bertz CT molecular complexity index is 2700. The number of benzene rings is 7. The van der Waals surface area contributed by atoms with E-state index in [9.17, 15) is 4.79 Å². The molecular formula is C46H34N2O. The van der Waals surface area contributed by atoms with E-state index in [1.807, 2.05) is 28.7 Å². The SMILES string of the molecule is CCC(C)c1ccc(-c2ccc3c(=O)n4c(nc5c(-c6ccccc6)cc(-c6ccccc6)c(-c6ccccc6)c54)c4cccc2c34)cc1. The van der Waals surface area contributed by atoms with Gasteiger partial charge in [-0.15, -0.1) is 0 Å². The van der Waals surface area contributed by atoms with E-state index in [0.717, 1.165) is 78.1 Å². The van der Waals surface area contributed by atoms with Crippen LogP contribution >= 0.6 is 0 Å². The first-order chi connectivity index (χ1) is 24.1. The van der Waals surface area contributed by atoms with Crippen LogP contribution in [0.5, 0.6) is 0 Å². The van der Waals surface area contributed by atoms with Gasteiger partial charge in [0, 0.05) is 27.3 Å². The number of hydrogen-bond donors (Lipinski definition) is 0. The number of pyridine rings is 1. The molecule has 7 aromatic carbocycles. The number of hydrogen-bond acceptors (Lipinski definition) is 2. The van der Waals surface area contributed by atoms with Crippen LogP contribution in [0.1, 0.15) is 31.7 Å². The van der Waals surface area contributed by atoms with E-state index in [2.05, 4.69) is 141 Å². The van der Waals surface area contributed by atoms with Gasteiger partial charge in [0.25, 0.3) is 5.56 Å². The minimum atomic E-state index is -0.0544. The number of fused-ring (bicyclic) bond motifs is 4. The summed E-state index contributed by atoms with van der Waals surface area (Å²) in [4.78, 5) is 20.4. The molecular weight excluding hydrogens is 597 g/mol. The lowest BCUT2D eigenvalue weighted by Crippen LogP contribution is -2.14. The molecule has 2 aromatic heterocycles. The highest BCUT2D eigenvalue weighted by molar-refractivity contribution is 6.20. The molecule has 0 saturated heterocycles. The second-order valence-electron chi connectivity index (χ2n) is 13.0. The van der Waals surface area contributed by atoms with Crippen LogP contribution in [-0.2, 0) is 0 Å². The normalized spacial score (nSPS) is 12.4. The minimum Gasteiger partial charge on any atom is -0.268 e. The number of imidazole rings is 1. The summed E-state index contributed by atoms with van der Waals surface area (Å²) in [6.45, 7) is 4.49. The van der Waals surface area contributed by atoms with Crippen molar-refractivity contribution in [1.29, 1.82) is 0 Å². The Morgan fingerprint density at radius 1 is 0.571 bits per heavy atom. The van der Waals surface area contributed by atoms with E-state index in [1.54, 1.807) is 0 Å². The highest BCUT2D eigenvalue weighted by Gasteiger charge is 2.25. The molecule has 9 aromatic rings. The maximum absolute atomic E-state index is 15.0. The zero-order chi connectivity index (χ0) is 33.1. The summed E-state index contributed by atoms with van der Waals surface area (Å²) in [5.41, 5.74) is 12.1. The molecule has 0 bridgehead atoms. The molecule has 3 heteroatoms. The Labute approximate surface area is 285 Å². The van der Waals surface area contributed by atoms with Crippen LogP contribution in [-0.4, -0.2) is 9.38 Å². The van der Waals surface area contributed by atoms with Crippen molar-refractivity contribution in [3.05, 3.63) is 168 Å². The monoisotopic (exact) mass is 630 g/mol.